The van der Waals surface area contributed by atoms with Gasteiger partial charge in [-0.3, -0.25) is 14.5 Å². The minimum Gasteiger partial charge on any atom is -0.337 e. The van der Waals surface area contributed by atoms with Gasteiger partial charge in [0.2, 0.25) is 5.82 Å². The van der Waals surface area contributed by atoms with Gasteiger partial charge in [0.15, 0.2) is 11.6 Å². The van der Waals surface area contributed by atoms with Crippen molar-refractivity contribution in [2.75, 3.05) is 11.9 Å². The molecule has 2 aromatic heterocycles. The second kappa shape index (κ2) is 7.81. The fraction of sp³-hybridized carbons (Fsp3) is 0.381. The number of fused-ring (bicyclic) bond motifs is 1. The van der Waals surface area contributed by atoms with Gasteiger partial charge in [-0.05, 0) is 25.3 Å². The van der Waals surface area contributed by atoms with Gasteiger partial charge in [-0.25, -0.2) is 23.1 Å². The van der Waals surface area contributed by atoms with Crippen LogP contribution in [-0.2, 0) is 17.9 Å². The molecule has 1 fully saturated rings. The topological polar surface area (TPSA) is 97.9 Å². The highest BCUT2D eigenvalue weighted by Gasteiger charge is 2.34. The normalized spacial score (nSPS) is 18.4. The second-order valence-corrected chi connectivity index (χ2v) is 8.12. The van der Waals surface area contributed by atoms with Crippen LogP contribution in [-0.4, -0.2) is 49.4 Å². The molecule has 1 atom stereocenters. The van der Waals surface area contributed by atoms with Crippen LogP contribution in [0.25, 0.3) is 0 Å². The minimum absolute atomic E-state index is 0.0839. The van der Waals surface area contributed by atoms with E-state index in [2.05, 4.69) is 20.5 Å². The van der Waals surface area contributed by atoms with Crippen molar-refractivity contribution in [2.24, 2.45) is 0 Å². The predicted octanol–water partition coefficient (Wildman–Crippen LogP) is 1.84. The number of halogens is 2. The lowest BCUT2D eigenvalue weighted by atomic mass is 10.2. The highest BCUT2D eigenvalue weighted by molar-refractivity contribution is 6.00. The van der Waals surface area contributed by atoms with Gasteiger partial charge in [-0.2, -0.15) is 5.10 Å². The molecule has 1 N–H and O–H groups in total. The highest BCUT2D eigenvalue weighted by Crippen LogP contribution is 2.40. The van der Waals surface area contributed by atoms with Crippen LogP contribution in [0.3, 0.4) is 0 Å². The van der Waals surface area contributed by atoms with Crippen molar-refractivity contribution in [1.82, 2.24) is 29.9 Å². The fourth-order valence-corrected chi connectivity index (χ4v) is 3.84. The number of hydrogen-bond donors (Lipinski definition) is 1. The molecule has 9 nitrogen and oxygen atoms in total. The van der Waals surface area contributed by atoms with Crippen molar-refractivity contribution >= 4 is 17.6 Å². The molecule has 1 saturated carbocycles. The maximum Gasteiger partial charge on any atom is 0.291 e. The molecule has 2 aliphatic rings. The van der Waals surface area contributed by atoms with Crippen molar-refractivity contribution in [3.8, 4) is 0 Å². The summed E-state index contributed by atoms with van der Waals surface area (Å²) < 4.78 is 30.3. The number of benzene rings is 1. The standard InChI is InChI=1S/C21H21F2N7O2/c1-28-17-9-16(12-5-6-12)26-30(17)8-7-15(21(28)32)25-20(31)19-24-11-29(27-19)10-13-3-2-4-14(22)18(13)23/h2-4,9,11-12,15H,5-8,10H2,1H3,(H,25,31). The van der Waals surface area contributed by atoms with Crippen molar-refractivity contribution in [2.45, 2.75) is 44.3 Å². The molecule has 0 bridgehead atoms. The number of aryl methyl sites for hydroxylation is 1. The average molecular weight is 441 g/mol. The zero-order valence-corrected chi connectivity index (χ0v) is 17.3. The Labute approximate surface area is 182 Å². The van der Waals surface area contributed by atoms with Crippen molar-refractivity contribution in [3.05, 3.63) is 59.3 Å². The lowest BCUT2D eigenvalue weighted by molar-refractivity contribution is -0.120. The molecular weight excluding hydrogens is 420 g/mol. The van der Waals surface area contributed by atoms with Crippen LogP contribution in [0, 0.1) is 11.6 Å². The van der Waals surface area contributed by atoms with E-state index in [9.17, 15) is 18.4 Å². The first-order valence-electron chi connectivity index (χ1n) is 10.4. The smallest absolute Gasteiger partial charge is 0.291 e. The van der Waals surface area contributed by atoms with E-state index in [0.717, 1.165) is 24.6 Å². The molecule has 1 aliphatic carbocycles. The van der Waals surface area contributed by atoms with E-state index in [1.54, 1.807) is 11.7 Å². The fourth-order valence-electron chi connectivity index (χ4n) is 3.84. The Morgan fingerprint density at radius 3 is 2.81 bits per heavy atom. The summed E-state index contributed by atoms with van der Waals surface area (Å²) in [5, 5.41) is 11.3. The number of anilines is 1. The summed E-state index contributed by atoms with van der Waals surface area (Å²) in [5.41, 5.74) is 1.09. The molecule has 0 saturated heterocycles. The summed E-state index contributed by atoms with van der Waals surface area (Å²) in [6.07, 6.45) is 3.88. The molecule has 1 aliphatic heterocycles. The second-order valence-electron chi connectivity index (χ2n) is 8.12. The Bertz CT molecular complexity index is 1200. The van der Waals surface area contributed by atoms with Gasteiger partial charge in [-0.1, -0.05) is 12.1 Å². The van der Waals surface area contributed by atoms with Crippen molar-refractivity contribution in [1.29, 1.82) is 0 Å². The number of amides is 2. The molecule has 2 amide bonds. The van der Waals surface area contributed by atoms with Gasteiger partial charge in [0.25, 0.3) is 11.8 Å². The predicted molar refractivity (Wildman–Crippen MR) is 109 cm³/mol. The number of rotatable bonds is 5. The molecule has 0 spiro atoms. The summed E-state index contributed by atoms with van der Waals surface area (Å²) in [6, 6.07) is 5.03. The molecule has 32 heavy (non-hydrogen) atoms. The van der Waals surface area contributed by atoms with Crippen LogP contribution in [0.4, 0.5) is 14.6 Å². The lowest BCUT2D eigenvalue weighted by Crippen LogP contribution is -2.47. The van der Waals surface area contributed by atoms with Gasteiger partial charge in [-0.15, -0.1) is 5.10 Å². The van der Waals surface area contributed by atoms with Crippen molar-refractivity contribution < 1.29 is 18.4 Å². The number of carbonyl (C=O) groups is 2. The third-order valence-electron chi connectivity index (χ3n) is 5.78. The van der Waals surface area contributed by atoms with Crippen LogP contribution in [0.5, 0.6) is 0 Å². The molecule has 5 rings (SSSR count). The molecule has 3 heterocycles. The van der Waals surface area contributed by atoms with E-state index in [1.807, 2.05) is 6.07 Å². The Hall–Kier alpha value is -3.63. The van der Waals surface area contributed by atoms with Crippen LogP contribution >= 0.6 is 0 Å². The van der Waals surface area contributed by atoms with Gasteiger partial charge in [0.05, 0.1) is 12.2 Å². The van der Waals surface area contributed by atoms with E-state index >= 15 is 0 Å². The number of hydrogen-bond acceptors (Lipinski definition) is 5. The van der Waals surface area contributed by atoms with Crippen molar-refractivity contribution in [3.63, 3.8) is 0 Å². The summed E-state index contributed by atoms with van der Waals surface area (Å²) in [5.74, 6) is -1.75. The lowest BCUT2D eigenvalue weighted by Gasteiger charge is -2.19. The van der Waals surface area contributed by atoms with E-state index in [4.69, 9.17) is 0 Å². The quantitative estimate of drug-likeness (QED) is 0.652. The molecule has 0 radical (unpaired) electrons. The largest absolute Gasteiger partial charge is 0.337 e. The van der Waals surface area contributed by atoms with E-state index in [0.29, 0.717) is 24.7 Å². The third-order valence-corrected chi connectivity index (χ3v) is 5.78. The Morgan fingerprint density at radius 1 is 1.22 bits per heavy atom. The van der Waals surface area contributed by atoms with E-state index in [1.165, 1.54) is 28.0 Å². The van der Waals surface area contributed by atoms with Gasteiger partial charge >= 0.3 is 0 Å². The summed E-state index contributed by atoms with van der Waals surface area (Å²) >= 11 is 0. The Morgan fingerprint density at radius 2 is 2.03 bits per heavy atom. The maximum atomic E-state index is 13.9. The van der Waals surface area contributed by atoms with Crippen LogP contribution in [0.1, 0.15) is 47.1 Å². The maximum absolute atomic E-state index is 13.9. The molecule has 3 aromatic rings. The van der Waals surface area contributed by atoms with Crippen LogP contribution < -0.4 is 10.2 Å². The highest BCUT2D eigenvalue weighted by atomic mass is 19.2. The van der Waals surface area contributed by atoms with Gasteiger partial charge in [0.1, 0.15) is 18.2 Å². The summed E-state index contributed by atoms with van der Waals surface area (Å²) in [4.78, 5) is 31.0. The third kappa shape index (κ3) is 3.74. The Kier molecular flexibility index (Phi) is 4.95. The first kappa shape index (κ1) is 20.3. The van der Waals surface area contributed by atoms with E-state index < -0.39 is 23.6 Å². The molecular formula is C21H21F2N7O2. The summed E-state index contributed by atoms with van der Waals surface area (Å²) in [7, 11) is 1.66. The number of nitrogens with one attached hydrogen (secondary N) is 1. The first-order valence-corrected chi connectivity index (χ1v) is 10.4. The number of likely N-dealkylation sites (N-methyl/N-ethyl adjacent to an activating group) is 1. The number of carbonyl (C=O) groups excluding carboxylic acids is 2. The molecule has 1 unspecified atom stereocenters. The SMILES string of the molecule is CN1C(=O)C(NC(=O)c2ncn(Cc3cccc(F)c3F)n2)CCn2nc(C3CC3)cc21. The van der Waals surface area contributed by atoms with Gasteiger partial charge < -0.3 is 5.32 Å². The number of aromatic nitrogens is 5. The Balaban J connectivity index is 1.26. The zero-order chi connectivity index (χ0) is 22.4. The zero-order valence-electron chi connectivity index (χ0n) is 17.3. The van der Waals surface area contributed by atoms with Gasteiger partial charge in [0, 0.05) is 31.1 Å². The summed E-state index contributed by atoms with van der Waals surface area (Å²) in [6.45, 7) is 0.406. The van der Waals surface area contributed by atoms with Crippen LogP contribution in [0.2, 0.25) is 0 Å². The monoisotopic (exact) mass is 441 g/mol. The average Bonchev–Trinajstić information content (AvgIpc) is 3.39. The molecule has 1 aromatic carbocycles. The first-order chi connectivity index (χ1) is 15.4. The van der Waals surface area contributed by atoms with E-state index in [-0.39, 0.29) is 23.8 Å². The molecule has 166 valence electrons. The number of nitrogens with zero attached hydrogens (tertiary/aromatic N) is 6. The molecule has 11 heteroatoms. The van der Waals surface area contributed by atoms with Crippen LogP contribution in [0.15, 0.2) is 30.6 Å². The minimum atomic E-state index is -0.969.